The first kappa shape index (κ1) is 8.69. The number of thiophene rings is 1. The Balaban J connectivity index is 2.34. The highest BCUT2D eigenvalue weighted by atomic mass is 79.9. The molecule has 0 saturated carbocycles. The van der Waals surface area contributed by atoms with Crippen molar-refractivity contribution in [3.05, 3.63) is 20.8 Å². The van der Waals surface area contributed by atoms with Gasteiger partial charge in [-0.2, -0.15) is 0 Å². The highest BCUT2D eigenvalue weighted by molar-refractivity contribution is 9.10. The summed E-state index contributed by atoms with van der Waals surface area (Å²) in [6.45, 7) is 1.08. The van der Waals surface area contributed by atoms with Crippen LogP contribution in [0.15, 0.2) is 15.9 Å². The zero-order chi connectivity index (χ0) is 8.60. The molecule has 1 aromatic heterocycles. The van der Waals surface area contributed by atoms with Gasteiger partial charge in [0.2, 0.25) is 0 Å². The van der Waals surface area contributed by atoms with Crippen molar-refractivity contribution in [1.82, 2.24) is 0 Å². The van der Waals surface area contributed by atoms with Crippen LogP contribution in [-0.4, -0.2) is 18.3 Å². The molecule has 1 aromatic rings. The lowest BCUT2D eigenvalue weighted by atomic mass is 10.0. The first-order chi connectivity index (χ1) is 5.72. The number of aliphatic hydroxyl groups is 1. The zero-order valence-corrected chi connectivity index (χ0v) is 8.82. The molecule has 0 radical (unpaired) electrons. The Morgan fingerprint density at radius 2 is 2.50 bits per heavy atom. The van der Waals surface area contributed by atoms with Gasteiger partial charge in [0, 0.05) is 17.5 Å². The van der Waals surface area contributed by atoms with Gasteiger partial charge in [-0.05, 0) is 27.4 Å². The van der Waals surface area contributed by atoms with Crippen molar-refractivity contribution < 1.29 is 9.84 Å². The van der Waals surface area contributed by atoms with Crippen molar-refractivity contribution in [2.75, 3.05) is 13.2 Å². The van der Waals surface area contributed by atoms with Crippen molar-refractivity contribution in [3.63, 3.8) is 0 Å². The minimum absolute atomic E-state index is 0.423. The third-order valence-corrected chi connectivity index (χ3v) is 4.07. The Hall–Kier alpha value is 0.1000. The molecule has 2 rings (SSSR count). The fourth-order valence-corrected chi connectivity index (χ4v) is 3.22. The van der Waals surface area contributed by atoms with Crippen molar-refractivity contribution in [3.8, 4) is 0 Å². The van der Waals surface area contributed by atoms with Gasteiger partial charge in [0.25, 0.3) is 0 Å². The normalized spacial score (nSPS) is 29.5. The maximum atomic E-state index is 10.1. The van der Waals surface area contributed by atoms with Crippen LogP contribution in [0.2, 0.25) is 0 Å². The Morgan fingerprint density at radius 1 is 1.67 bits per heavy atom. The zero-order valence-electron chi connectivity index (χ0n) is 6.42. The van der Waals surface area contributed by atoms with E-state index in [-0.39, 0.29) is 0 Å². The Kier molecular flexibility index (Phi) is 2.25. The van der Waals surface area contributed by atoms with Crippen LogP contribution in [0.4, 0.5) is 0 Å². The molecule has 4 heteroatoms. The van der Waals surface area contributed by atoms with Gasteiger partial charge in [0.1, 0.15) is 5.60 Å². The molecular formula is C8H9BrO2S. The second-order valence-electron chi connectivity index (χ2n) is 2.93. The first-order valence-corrected chi connectivity index (χ1v) is 5.43. The maximum Gasteiger partial charge on any atom is 0.125 e. The van der Waals surface area contributed by atoms with E-state index in [0.29, 0.717) is 19.6 Å². The largest absolute Gasteiger partial charge is 0.382 e. The van der Waals surface area contributed by atoms with Crippen LogP contribution in [0.5, 0.6) is 0 Å². The maximum absolute atomic E-state index is 10.1. The highest BCUT2D eigenvalue weighted by Gasteiger charge is 2.36. The van der Waals surface area contributed by atoms with Gasteiger partial charge in [-0.25, -0.2) is 0 Å². The van der Waals surface area contributed by atoms with E-state index in [0.717, 1.165) is 9.35 Å². The summed E-state index contributed by atoms with van der Waals surface area (Å²) in [5, 5.41) is 12.1. The Labute approximate surface area is 83.3 Å². The lowest BCUT2D eigenvalue weighted by Gasteiger charge is -2.18. The molecule has 2 nitrogen and oxygen atoms in total. The molecule has 0 bridgehead atoms. The minimum Gasteiger partial charge on any atom is -0.382 e. The average molecular weight is 249 g/mol. The van der Waals surface area contributed by atoms with E-state index in [1.165, 1.54) is 0 Å². The second kappa shape index (κ2) is 3.10. The molecular weight excluding hydrogens is 240 g/mol. The summed E-state index contributed by atoms with van der Waals surface area (Å²) in [5.74, 6) is 0. The van der Waals surface area contributed by atoms with Gasteiger partial charge >= 0.3 is 0 Å². The van der Waals surface area contributed by atoms with Crippen LogP contribution in [-0.2, 0) is 10.3 Å². The number of rotatable bonds is 1. The quantitative estimate of drug-likeness (QED) is 0.826. The van der Waals surface area contributed by atoms with Crippen LogP contribution < -0.4 is 0 Å². The Bertz CT molecular complexity index is 278. The van der Waals surface area contributed by atoms with Crippen molar-refractivity contribution in [2.24, 2.45) is 0 Å². The van der Waals surface area contributed by atoms with E-state index < -0.39 is 5.60 Å². The molecule has 1 aliphatic heterocycles. The number of ether oxygens (including phenoxy) is 1. The van der Waals surface area contributed by atoms with E-state index >= 15 is 0 Å². The van der Waals surface area contributed by atoms with E-state index in [1.807, 2.05) is 11.4 Å². The summed E-state index contributed by atoms with van der Waals surface area (Å²) >= 11 is 4.98. The van der Waals surface area contributed by atoms with Gasteiger partial charge < -0.3 is 9.84 Å². The molecule has 1 N–H and O–H groups in total. The van der Waals surface area contributed by atoms with Gasteiger partial charge in [-0.15, -0.1) is 11.3 Å². The molecule has 1 fully saturated rings. The van der Waals surface area contributed by atoms with E-state index in [4.69, 9.17) is 4.74 Å². The third kappa shape index (κ3) is 1.33. The summed E-state index contributed by atoms with van der Waals surface area (Å²) in [6.07, 6.45) is 0.701. The smallest absolute Gasteiger partial charge is 0.125 e. The van der Waals surface area contributed by atoms with E-state index in [2.05, 4.69) is 15.9 Å². The molecule has 66 valence electrons. The van der Waals surface area contributed by atoms with Gasteiger partial charge in [0.15, 0.2) is 0 Å². The minimum atomic E-state index is -0.743. The van der Waals surface area contributed by atoms with Crippen LogP contribution in [0.25, 0.3) is 0 Å². The number of hydrogen-bond acceptors (Lipinski definition) is 3. The highest BCUT2D eigenvalue weighted by Crippen LogP contribution is 2.38. The standard InChI is InChI=1S/C8H9BrO2S/c9-6-1-4-12-7(6)8(10)2-3-11-5-8/h1,4,10H,2-3,5H2. The molecule has 12 heavy (non-hydrogen) atoms. The van der Waals surface area contributed by atoms with Gasteiger partial charge in [-0.3, -0.25) is 0 Å². The van der Waals surface area contributed by atoms with Gasteiger partial charge in [-0.1, -0.05) is 0 Å². The lowest BCUT2D eigenvalue weighted by Crippen LogP contribution is -2.24. The molecule has 0 aromatic carbocycles. The van der Waals surface area contributed by atoms with Crippen molar-refractivity contribution in [2.45, 2.75) is 12.0 Å². The third-order valence-electron chi connectivity index (χ3n) is 2.04. The molecule has 1 saturated heterocycles. The summed E-state index contributed by atoms with van der Waals surface area (Å²) < 4.78 is 6.16. The summed E-state index contributed by atoms with van der Waals surface area (Å²) in [5.41, 5.74) is -0.743. The molecule has 2 heterocycles. The monoisotopic (exact) mass is 248 g/mol. The first-order valence-electron chi connectivity index (χ1n) is 3.76. The summed E-state index contributed by atoms with van der Waals surface area (Å²) in [6, 6.07) is 1.95. The van der Waals surface area contributed by atoms with Crippen LogP contribution >= 0.6 is 27.3 Å². The summed E-state index contributed by atoms with van der Waals surface area (Å²) in [4.78, 5) is 0.986. The average Bonchev–Trinajstić information content (AvgIpc) is 2.59. The fourth-order valence-electron chi connectivity index (χ4n) is 1.36. The lowest BCUT2D eigenvalue weighted by molar-refractivity contribution is 0.0258. The molecule has 1 aliphatic rings. The van der Waals surface area contributed by atoms with E-state index in [9.17, 15) is 5.11 Å². The predicted molar refractivity (Wildman–Crippen MR) is 51.4 cm³/mol. The van der Waals surface area contributed by atoms with E-state index in [1.54, 1.807) is 11.3 Å². The predicted octanol–water partition coefficient (Wildman–Crippen LogP) is 2.12. The van der Waals surface area contributed by atoms with Gasteiger partial charge in [0.05, 0.1) is 11.5 Å². The van der Waals surface area contributed by atoms with Crippen LogP contribution in [0.3, 0.4) is 0 Å². The Morgan fingerprint density at radius 3 is 3.00 bits per heavy atom. The second-order valence-corrected chi connectivity index (χ2v) is 4.70. The molecule has 0 amide bonds. The summed E-state index contributed by atoms with van der Waals surface area (Å²) in [7, 11) is 0. The van der Waals surface area contributed by atoms with Crippen LogP contribution in [0, 0.1) is 0 Å². The topological polar surface area (TPSA) is 29.5 Å². The number of halogens is 1. The molecule has 1 unspecified atom stereocenters. The molecule has 0 aliphatic carbocycles. The van der Waals surface area contributed by atoms with Crippen molar-refractivity contribution >= 4 is 27.3 Å². The molecule has 0 spiro atoms. The van der Waals surface area contributed by atoms with Crippen LogP contribution in [0.1, 0.15) is 11.3 Å². The SMILES string of the molecule is OC1(c2sccc2Br)CCOC1. The fraction of sp³-hybridized carbons (Fsp3) is 0.500. The number of hydrogen-bond donors (Lipinski definition) is 1. The molecule has 1 atom stereocenters. The van der Waals surface area contributed by atoms with Crippen molar-refractivity contribution in [1.29, 1.82) is 0 Å².